The number of sulfonamides is 1. The molecule has 0 spiro atoms. The third kappa shape index (κ3) is 8.02. The van der Waals surface area contributed by atoms with Crippen molar-refractivity contribution in [2.75, 3.05) is 23.7 Å². The monoisotopic (exact) mass is 507 g/mol. The Bertz CT molecular complexity index is 1090. The number of nitrogens with one attached hydrogen (secondary N) is 1. The zero-order valence-corrected chi connectivity index (χ0v) is 21.8. The molecule has 0 radical (unpaired) electrons. The van der Waals surface area contributed by atoms with Crippen molar-refractivity contribution in [2.24, 2.45) is 0 Å². The summed E-state index contributed by atoms with van der Waals surface area (Å²) in [6.45, 7) is 6.62. The van der Waals surface area contributed by atoms with Crippen molar-refractivity contribution in [1.82, 2.24) is 10.2 Å². The molecule has 0 bridgehead atoms. The highest BCUT2D eigenvalue weighted by Gasteiger charge is 2.26. The third-order valence-electron chi connectivity index (χ3n) is 5.57. The largest absolute Gasteiger partial charge is 0.354 e. The van der Waals surface area contributed by atoms with Crippen molar-refractivity contribution in [3.8, 4) is 0 Å². The van der Waals surface area contributed by atoms with Crippen molar-refractivity contribution in [3.05, 3.63) is 64.7 Å². The van der Waals surface area contributed by atoms with Crippen molar-refractivity contribution in [2.45, 2.75) is 52.6 Å². The van der Waals surface area contributed by atoms with Gasteiger partial charge in [0.1, 0.15) is 6.04 Å². The van der Waals surface area contributed by atoms with Crippen LogP contribution in [0.1, 0.15) is 44.2 Å². The Labute approximate surface area is 208 Å². The lowest BCUT2D eigenvalue weighted by molar-refractivity contribution is -0.140. The van der Waals surface area contributed by atoms with E-state index in [0.29, 0.717) is 30.2 Å². The molecule has 2 aromatic rings. The van der Waals surface area contributed by atoms with E-state index in [0.717, 1.165) is 23.8 Å². The van der Waals surface area contributed by atoms with E-state index in [4.69, 9.17) is 11.6 Å². The number of halogens is 1. The molecular formula is C25H34ClN3O4S. The van der Waals surface area contributed by atoms with Gasteiger partial charge in [-0.2, -0.15) is 0 Å². The molecule has 0 saturated heterocycles. The summed E-state index contributed by atoms with van der Waals surface area (Å²) < 4.78 is 26.0. The summed E-state index contributed by atoms with van der Waals surface area (Å²) in [5.41, 5.74) is 2.44. The van der Waals surface area contributed by atoms with Gasteiger partial charge in [-0.15, -0.1) is 0 Å². The average Bonchev–Trinajstić information content (AvgIpc) is 2.78. The number of nitrogens with zero attached hydrogens (tertiary/aromatic N) is 2. The molecule has 0 heterocycles. The van der Waals surface area contributed by atoms with E-state index in [9.17, 15) is 18.0 Å². The Morgan fingerprint density at radius 2 is 1.82 bits per heavy atom. The molecule has 0 aromatic heterocycles. The fraction of sp³-hybridized carbons (Fsp3) is 0.440. The Morgan fingerprint density at radius 3 is 2.44 bits per heavy atom. The van der Waals surface area contributed by atoms with E-state index in [1.165, 1.54) is 4.31 Å². The van der Waals surface area contributed by atoms with Gasteiger partial charge >= 0.3 is 0 Å². The van der Waals surface area contributed by atoms with Gasteiger partial charge in [-0.25, -0.2) is 8.42 Å². The van der Waals surface area contributed by atoms with Crippen LogP contribution in [-0.4, -0.2) is 50.5 Å². The van der Waals surface area contributed by atoms with Gasteiger partial charge in [-0.1, -0.05) is 48.9 Å². The quantitative estimate of drug-likeness (QED) is 0.467. The predicted molar refractivity (Wildman–Crippen MR) is 137 cm³/mol. The first kappa shape index (κ1) is 27.7. The second-order valence-corrected chi connectivity index (χ2v) is 10.7. The number of hydrogen-bond acceptors (Lipinski definition) is 4. The van der Waals surface area contributed by atoms with E-state index in [1.54, 1.807) is 36.1 Å². The average molecular weight is 508 g/mol. The van der Waals surface area contributed by atoms with Crippen LogP contribution in [0.25, 0.3) is 0 Å². The third-order valence-corrected chi connectivity index (χ3v) is 7.00. The first-order valence-corrected chi connectivity index (χ1v) is 13.6. The summed E-state index contributed by atoms with van der Waals surface area (Å²) in [6.07, 6.45) is 2.32. The summed E-state index contributed by atoms with van der Waals surface area (Å²) in [4.78, 5) is 27.5. The zero-order chi connectivity index (χ0) is 25.3. The molecule has 0 aliphatic rings. The fourth-order valence-corrected chi connectivity index (χ4v) is 4.73. The summed E-state index contributed by atoms with van der Waals surface area (Å²) in [7, 11) is -3.56. The van der Waals surface area contributed by atoms with Crippen LogP contribution in [0.3, 0.4) is 0 Å². The van der Waals surface area contributed by atoms with Crippen LogP contribution in [0, 0.1) is 6.92 Å². The van der Waals surface area contributed by atoms with Crippen molar-refractivity contribution in [3.63, 3.8) is 0 Å². The number of anilines is 1. The van der Waals surface area contributed by atoms with E-state index >= 15 is 0 Å². The maximum absolute atomic E-state index is 13.3. The smallest absolute Gasteiger partial charge is 0.242 e. The Kier molecular flexibility index (Phi) is 10.4. The van der Waals surface area contributed by atoms with Crippen LogP contribution in [0.15, 0.2) is 48.5 Å². The molecule has 0 aliphatic carbocycles. The van der Waals surface area contributed by atoms with Gasteiger partial charge in [0.05, 0.1) is 11.9 Å². The van der Waals surface area contributed by atoms with Crippen LogP contribution in [0.5, 0.6) is 0 Å². The van der Waals surface area contributed by atoms with E-state index in [2.05, 4.69) is 5.32 Å². The SMILES string of the molecule is CCCNC(=O)[C@H](C)N(Cc1ccccc1C)C(=O)CCCN(c1cccc(Cl)c1)S(C)(=O)=O. The molecule has 186 valence electrons. The molecule has 0 unspecified atom stereocenters. The summed E-state index contributed by atoms with van der Waals surface area (Å²) in [5.74, 6) is -0.414. The standard InChI is InChI=1S/C25H34ClN3O4S/c1-5-15-27-25(31)20(3)28(18-21-11-7-6-10-19(21)2)24(30)14-9-16-29(34(4,32)33)23-13-8-12-22(26)17-23/h6-8,10-13,17,20H,5,9,14-16,18H2,1-4H3,(H,27,31)/t20-/m0/s1. The second kappa shape index (κ2) is 12.8. The maximum Gasteiger partial charge on any atom is 0.242 e. The molecule has 0 fully saturated rings. The van der Waals surface area contributed by atoms with Gasteiger partial charge in [-0.3, -0.25) is 13.9 Å². The Morgan fingerprint density at radius 1 is 1.12 bits per heavy atom. The van der Waals surface area contributed by atoms with Crippen LogP contribution in [0.2, 0.25) is 5.02 Å². The molecule has 0 saturated carbocycles. The molecule has 1 atom stereocenters. The lowest BCUT2D eigenvalue weighted by atomic mass is 10.1. The lowest BCUT2D eigenvalue weighted by Gasteiger charge is -2.30. The van der Waals surface area contributed by atoms with Crippen molar-refractivity contribution in [1.29, 1.82) is 0 Å². The number of amides is 2. The predicted octanol–water partition coefficient (Wildman–Crippen LogP) is 4.14. The highest BCUT2D eigenvalue weighted by Crippen LogP contribution is 2.23. The Hall–Kier alpha value is -2.58. The zero-order valence-electron chi connectivity index (χ0n) is 20.3. The molecule has 2 rings (SSSR count). The lowest BCUT2D eigenvalue weighted by Crippen LogP contribution is -2.48. The van der Waals surface area contributed by atoms with Gasteiger partial charge < -0.3 is 10.2 Å². The summed E-state index contributed by atoms with van der Waals surface area (Å²) in [5, 5.41) is 3.29. The molecule has 0 aliphatic heterocycles. The van der Waals surface area contributed by atoms with Gasteiger partial charge in [0.25, 0.3) is 0 Å². The minimum absolute atomic E-state index is 0.101. The van der Waals surface area contributed by atoms with Gasteiger partial charge in [0, 0.05) is 31.1 Å². The first-order chi connectivity index (χ1) is 16.0. The van der Waals surface area contributed by atoms with Gasteiger partial charge in [0.2, 0.25) is 21.8 Å². The van der Waals surface area contributed by atoms with E-state index in [-0.39, 0.29) is 24.8 Å². The van der Waals surface area contributed by atoms with Crippen LogP contribution >= 0.6 is 11.6 Å². The number of benzene rings is 2. The maximum atomic E-state index is 13.3. The molecule has 1 N–H and O–H groups in total. The Balaban J connectivity index is 2.16. The fourth-order valence-electron chi connectivity index (χ4n) is 3.58. The highest BCUT2D eigenvalue weighted by molar-refractivity contribution is 7.92. The number of carbonyl (C=O) groups excluding carboxylic acids is 2. The highest BCUT2D eigenvalue weighted by atomic mass is 35.5. The van der Waals surface area contributed by atoms with Crippen LogP contribution in [-0.2, 0) is 26.2 Å². The van der Waals surface area contributed by atoms with Gasteiger partial charge in [0.15, 0.2) is 0 Å². The normalized spacial score (nSPS) is 12.1. The first-order valence-electron chi connectivity index (χ1n) is 11.4. The second-order valence-electron chi connectivity index (χ2n) is 8.33. The molecule has 2 aromatic carbocycles. The number of hydrogen-bond donors (Lipinski definition) is 1. The molecule has 2 amide bonds. The number of rotatable bonds is 12. The summed E-state index contributed by atoms with van der Waals surface area (Å²) in [6, 6.07) is 13.7. The van der Waals surface area contributed by atoms with Crippen LogP contribution < -0.4 is 9.62 Å². The summed E-state index contributed by atoms with van der Waals surface area (Å²) >= 11 is 6.04. The van der Waals surface area contributed by atoms with E-state index in [1.807, 2.05) is 38.1 Å². The number of carbonyl (C=O) groups is 2. The molecule has 7 nitrogen and oxygen atoms in total. The topological polar surface area (TPSA) is 86.8 Å². The number of aryl methyl sites for hydroxylation is 1. The minimum Gasteiger partial charge on any atom is -0.354 e. The molecule has 9 heteroatoms. The van der Waals surface area contributed by atoms with Gasteiger partial charge in [-0.05, 0) is 56.0 Å². The van der Waals surface area contributed by atoms with Crippen LogP contribution in [0.4, 0.5) is 5.69 Å². The molecule has 34 heavy (non-hydrogen) atoms. The molecular weight excluding hydrogens is 474 g/mol. The van der Waals surface area contributed by atoms with Crippen molar-refractivity contribution >= 4 is 39.1 Å². The van der Waals surface area contributed by atoms with E-state index < -0.39 is 16.1 Å². The minimum atomic E-state index is -3.56. The van der Waals surface area contributed by atoms with Crippen molar-refractivity contribution < 1.29 is 18.0 Å².